The van der Waals surface area contributed by atoms with E-state index in [0.29, 0.717) is 6.42 Å². The lowest BCUT2D eigenvalue weighted by atomic mass is 10.0. The summed E-state index contributed by atoms with van der Waals surface area (Å²) in [5.74, 6) is -1.12. The Labute approximate surface area is 121 Å². The summed E-state index contributed by atoms with van der Waals surface area (Å²) >= 11 is 3.58. The molecule has 104 valence electrons. The van der Waals surface area contributed by atoms with Crippen LogP contribution in [0.15, 0.2) is 22.7 Å². The Morgan fingerprint density at radius 2 is 2.16 bits per heavy atom. The first-order chi connectivity index (χ1) is 9.08. The fourth-order valence-electron chi connectivity index (χ4n) is 2.18. The van der Waals surface area contributed by atoms with Crippen LogP contribution in [0.3, 0.4) is 0 Å². The maximum Gasteiger partial charge on any atom is 0.306 e. The second-order valence-corrected chi connectivity index (χ2v) is 5.68. The highest BCUT2D eigenvalue weighted by molar-refractivity contribution is 9.10. The average Bonchev–Trinajstić information content (AvgIpc) is 2.39. The molecule has 1 aliphatic rings. The Bertz CT molecular complexity index is 458. The van der Waals surface area contributed by atoms with Gasteiger partial charge in [-0.05, 0) is 40.0 Å². The molecule has 0 amide bonds. The number of ether oxygens (including phenoxy) is 1. The molecule has 0 aromatic heterocycles. The smallest absolute Gasteiger partial charge is 0.306 e. The molecule has 0 spiro atoms. The molecule has 1 unspecified atom stereocenters. The van der Waals surface area contributed by atoms with Gasteiger partial charge in [0.05, 0.1) is 24.8 Å². The SMILES string of the molecule is CC(Cc1ccc(N2CCOCC2)c(Br)c1)C(=O)O. The maximum absolute atomic E-state index is 10.9. The van der Waals surface area contributed by atoms with Gasteiger partial charge in [0.1, 0.15) is 0 Å². The lowest BCUT2D eigenvalue weighted by Crippen LogP contribution is -2.36. The number of anilines is 1. The van der Waals surface area contributed by atoms with Gasteiger partial charge in [-0.2, -0.15) is 0 Å². The number of nitrogens with zero attached hydrogens (tertiary/aromatic N) is 1. The first kappa shape index (κ1) is 14.3. The Kier molecular flexibility index (Phi) is 4.82. The van der Waals surface area contributed by atoms with Gasteiger partial charge in [-0.3, -0.25) is 4.79 Å². The van der Waals surface area contributed by atoms with Crippen LogP contribution in [0.25, 0.3) is 0 Å². The Morgan fingerprint density at radius 1 is 1.47 bits per heavy atom. The molecule has 1 saturated heterocycles. The second-order valence-electron chi connectivity index (χ2n) is 4.83. The largest absolute Gasteiger partial charge is 0.481 e. The maximum atomic E-state index is 10.9. The summed E-state index contributed by atoms with van der Waals surface area (Å²) in [6, 6.07) is 6.08. The van der Waals surface area contributed by atoms with Crippen molar-refractivity contribution < 1.29 is 14.6 Å². The summed E-state index contributed by atoms with van der Waals surface area (Å²) in [4.78, 5) is 13.1. The minimum Gasteiger partial charge on any atom is -0.481 e. The summed E-state index contributed by atoms with van der Waals surface area (Å²) < 4.78 is 6.36. The number of rotatable bonds is 4. The van der Waals surface area contributed by atoms with Crippen molar-refractivity contribution in [3.63, 3.8) is 0 Å². The number of aliphatic carboxylic acids is 1. The number of morpholine rings is 1. The van der Waals surface area contributed by atoms with Gasteiger partial charge in [-0.15, -0.1) is 0 Å². The molecule has 19 heavy (non-hydrogen) atoms. The van der Waals surface area contributed by atoms with Crippen molar-refractivity contribution in [2.45, 2.75) is 13.3 Å². The van der Waals surface area contributed by atoms with Crippen LogP contribution in [0.5, 0.6) is 0 Å². The third-order valence-corrected chi connectivity index (χ3v) is 3.96. The van der Waals surface area contributed by atoms with Gasteiger partial charge in [-0.25, -0.2) is 0 Å². The fraction of sp³-hybridized carbons (Fsp3) is 0.500. The van der Waals surface area contributed by atoms with Crippen molar-refractivity contribution in [1.29, 1.82) is 0 Å². The highest BCUT2D eigenvalue weighted by Crippen LogP contribution is 2.28. The number of hydrogen-bond donors (Lipinski definition) is 1. The third kappa shape index (κ3) is 3.70. The fourth-order valence-corrected chi connectivity index (χ4v) is 2.86. The monoisotopic (exact) mass is 327 g/mol. The molecular weight excluding hydrogens is 310 g/mol. The predicted molar refractivity (Wildman–Crippen MR) is 77.7 cm³/mol. The zero-order chi connectivity index (χ0) is 13.8. The van der Waals surface area contributed by atoms with Crippen molar-refractivity contribution in [2.24, 2.45) is 5.92 Å². The van der Waals surface area contributed by atoms with Crippen molar-refractivity contribution in [3.8, 4) is 0 Å². The van der Waals surface area contributed by atoms with Crippen LogP contribution in [0.1, 0.15) is 12.5 Å². The Balaban J connectivity index is 2.10. The van der Waals surface area contributed by atoms with E-state index in [1.54, 1.807) is 6.92 Å². The number of carboxylic acids is 1. The molecule has 0 radical (unpaired) electrons. The van der Waals surface area contributed by atoms with E-state index in [2.05, 4.69) is 26.9 Å². The van der Waals surface area contributed by atoms with E-state index in [1.165, 1.54) is 0 Å². The lowest BCUT2D eigenvalue weighted by Gasteiger charge is -2.30. The summed E-state index contributed by atoms with van der Waals surface area (Å²) in [5, 5.41) is 8.94. The first-order valence-corrected chi connectivity index (χ1v) is 7.21. The van der Waals surface area contributed by atoms with E-state index < -0.39 is 5.97 Å². The minimum atomic E-state index is -0.756. The molecule has 0 aliphatic carbocycles. The van der Waals surface area contributed by atoms with E-state index in [-0.39, 0.29) is 5.92 Å². The molecular formula is C14H18BrNO3. The van der Waals surface area contributed by atoms with Crippen molar-refractivity contribution in [2.75, 3.05) is 31.2 Å². The summed E-state index contributed by atoms with van der Waals surface area (Å²) in [5.41, 5.74) is 2.19. The van der Waals surface area contributed by atoms with Crippen LogP contribution in [-0.2, 0) is 16.0 Å². The molecule has 1 heterocycles. The standard InChI is InChI=1S/C14H18BrNO3/c1-10(14(17)18)8-11-2-3-13(12(15)9-11)16-4-6-19-7-5-16/h2-3,9-10H,4-8H2,1H3,(H,17,18). The van der Waals surface area contributed by atoms with Crippen molar-refractivity contribution in [1.82, 2.24) is 0 Å². The summed E-state index contributed by atoms with van der Waals surface area (Å²) in [7, 11) is 0. The van der Waals surface area contributed by atoms with E-state index >= 15 is 0 Å². The van der Waals surface area contributed by atoms with Gasteiger partial charge >= 0.3 is 5.97 Å². The van der Waals surface area contributed by atoms with Crippen LogP contribution >= 0.6 is 15.9 Å². The third-order valence-electron chi connectivity index (χ3n) is 3.33. The lowest BCUT2D eigenvalue weighted by molar-refractivity contribution is -0.141. The zero-order valence-electron chi connectivity index (χ0n) is 10.9. The molecule has 4 nitrogen and oxygen atoms in total. The van der Waals surface area contributed by atoms with Gasteiger partial charge in [0.2, 0.25) is 0 Å². The highest BCUT2D eigenvalue weighted by atomic mass is 79.9. The van der Waals surface area contributed by atoms with E-state index in [4.69, 9.17) is 9.84 Å². The minimum absolute atomic E-state index is 0.360. The highest BCUT2D eigenvalue weighted by Gasteiger charge is 2.16. The van der Waals surface area contributed by atoms with Crippen LogP contribution < -0.4 is 4.90 Å². The number of carboxylic acid groups (broad SMARTS) is 1. The van der Waals surface area contributed by atoms with Gasteiger partial charge in [0, 0.05) is 17.6 Å². The topological polar surface area (TPSA) is 49.8 Å². The second kappa shape index (κ2) is 6.39. The van der Waals surface area contributed by atoms with Crippen LogP contribution in [0, 0.1) is 5.92 Å². The van der Waals surface area contributed by atoms with Crippen LogP contribution in [-0.4, -0.2) is 37.4 Å². The van der Waals surface area contributed by atoms with Crippen molar-refractivity contribution in [3.05, 3.63) is 28.2 Å². The summed E-state index contributed by atoms with van der Waals surface area (Å²) in [6.45, 7) is 5.02. The van der Waals surface area contributed by atoms with Crippen molar-refractivity contribution >= 4 is 27.6 Å². The Hall–Kier alpha value is -1.07. The number of carbonyl (C=O) groups is 1. The van der Waals surface area contributed by atoms with Crippen LogP contribution in [0.4, 0.5) is 5.69 Å². The molecule has 1 aromatic rings. The van der Waals surface area contributed by atoms with E-state index in [9.17, 15) is 4.79 Å². The Morgan fingerprint density at radius 3 is 2.74 bits per heavy atom. The molecule has 1 atom stereocenters. The van der Waals surface area contributed by atoms with E-state index in [0.717, 1.165) is 42.0 Å². The summed E-state index contributed by atoms with van der Waals surface area (Å²) in [6.07, 6.45) is 0.553. The number of benzene rings is 1. The van der Waals surface area contributed by atoms with Gasteiger partial charge in [-0.1, -0.05) is 13.0 Å². The number of halogens is 1. The van der Waals surface area contributed by atoms with Gasteiger partial charge in [0.15, 0.2) is 0 Å². The molecule has 1 aliphatic heterocycles. The molecule has 1 fully saturated rings. The molecule has 0 saturated carbocycles. The van der Waals surface area contributed by atoms with Gasteiger partial charge in [0.25, 0.3) is 0 Å². The molecule has 0 bridgehead atoms. The first-order valence-electron chi connectivity index (χ1n) is 6.42. The predicted octanol–water partition coefficient (Wildman–Crippen LogP) is 2.55. The quantitative estimate of drug-likeness (QED) is 0.923. The molecule has 5 heteroatoms. The molecule has 1 aromatic carbocycles. The molecule has 2 rings (SSSR count). The number of hydrogen-bond acceptors (Lipinski definition) is 3. The normalized spacial score (nSPS) is 17.3. The van der Waals surface area contributed by atoms with Crippen LogP contribution in [0.2, 0.25) is 0 Å². The average molecular weight is 328 g/mol. The molecule has 1 N–H and O–H groups in total. The van der Waals surface area contributed by atoms with E-state index in [1.807, 2.05) is 12.1 Å². The zero-order valence-corrected chi connectivity index (χ0v) is 12.5. The van der Waals surface area contributed by atoms with Gasteiger partial charge < -0.3 is 14.7 Å².